The second kappa shape index (κ2) is 6.55. The Balaban J connectivity index is 2.05. The van der Waals surface area contributed by atoms with Crippen molar-refractivity contribution in [2.24, 2.45) is 5.92 Å². The van der Waals surface area contributed by atoms with Gasteiger partial charge in [0, 0.05) is 25.2 Å². The third kappa shape index (κ3) is 4.60. The topological polar surface area (TPSA) is 35.5 Å². The van der Waals surface area contributed by atoms with Crippen LogP contribution in [0.25, 0.3) is 0 Å². The zero-order chi connectivity index (χ0) is 15.6. The van der Waals surface area contributed by atoms with Gasteiger partial charge in [-0.25, -0.2) is 0 Å². The van der Waals surface area contributed by atoms with Crippen LogP contribution in [-0.2, 0) is 6.54 Å². The summed E-state index contributed by atoms with van der Waals surface area (Å²) in [6, 6.07) is 6.29. The highest BCUT2D eigenvalue weighted by atomic mass is 35.5. The van der Waals surface area contributed by atoms with Gasteiger partial charge in [-0.3, -0.25) is 0 Å². The van der Waals surface area contributed by atoms with Crippen molar-refractivity contribution in [3.05, 3.63) is 28.8 Å². The van der Waals surface area contributed by atoms with Gasteiger partial charge >= 0.3 is 0 Å². The number of aliphatic hydroxyl groups excluding tert-OH is 1. The molecule has 0 aliphatic carbocycles. The Morgan fingerprint density at radius 1 is 1.38 bits per heavy atom. The highest BCUT2D eigenvalue weighted by Crippen LogP contribution is 2.30. The smallest absolute Gasteiger partial charge is 0.0642 e. The number of anilines is 1. The third-order valence-corrected chi connectivity index (χ3v) is 4.34. The normalized spacial score (nSPS) is 23.4. The molecule has 118 valence electrons. The second-order valence-electron chi connectivity index (χ2n) is 7.17. The van der Waals surface area contributed by atoms with Crippen molar-refractivity contribution in [2.75, 3.05) is 18.0 Å². The second-order valence-corrected chi connectivity index (χ2v) is 7.58. The molecule has 2 atom stereocenters. The number of nitrogens with one attached hydrogen (secondary N) is 1. The maximum Gasteiger partial charge on any atom is 0.0642 e. The van der Waals surface area contributed by atoms with Crippen LogP contribution in [0.5, 0.6) is 0 Å². The number of rotatable bonds is 3. The summed E-state index contributed by atoms with van der Waals surface area (Å²) in [4.78, 5) is 2.28. The minimum atomic E-state index is -0.185. The van der Waals surface area contributed by atoms with Crippen molar-refractivity contribution in [3.63, 3.8) is 0 Å². The molecule has 0 saturated carbocycles. The zero-order valence-corrected chi connectivity index (χ0v) is 14.2. The average Bonchev–Trinajstić information content (AvgIpc) is 2.39. The molecule has 2 unspecified atom stereocenters. The van der Waals surface area contributed by atoms with E-state index in [1.807, 2.05) is 6.07 Å². The van der Waals surface area contributed by atoms with Crippen molar-refractivity contribution >= 4 is 17.3 Å². The fraction of sp³-hybridized carbons (Fsp3) is 0.647. The van der Waals surface area contributed by atoms with E-state index in [0.29, 0.717) is 0 Å². The first-order valence-electron chi connectivity index (χ1n) is 7.73. The highest BCUT2D eigenvalue weighted by Gasteiger charge is 2.25. The first kappa shape index (κ1) is 16.6. The lowest BCUT2D eigenvalue weighted by molar-refractivity contribution is 0.0971. The lowest BCUT2D eigenvalue weighted by Gasteiger charge is -2.36. The molecule has 1 fully saturated rings. The minimum Gasteiger partial charge on any atom is -0.393 e. The summed E-state index contributed by atoms with van der Waals surface area (Å²) in [6.07, 6.45) is 0.625. The summed E-state index contributed by atoms with van der Waals surface area (Å²) < 4.78 is 0. The summed E-state index contributed by atoms with van der Waals surface area (Å²) in [5, 5.41) is 14.1. The Hall–Kier alpha value is -0.770. The fourth-order valence-corrected chi connectivity index (χ4v) is 2.96. The van der Waals surface area contributed by atoms with Crippen LogP contribution in [-0.4, -0.2) is 29.8 Å². The molecular formula is C17H27ClN2O. The maximum atomic E-state index is 9.83. The summed E-state index contributed by atoms with van der Waals surface area (Å²) in [6.45, 7) is 11.1. The molecule has 1 aliphatic heterocycles. The molecule has 1 aliphatic rings. The number of hydrogen-bond acceptors (Lipinski definition) is 3. The number of benzene rings is 1. The molecule has 4 heteroatoms. The average molecular weight is 311 g/mol. The van der Waals surface area contributed by atoms with Gasteiger partial charge in [0.1, 0.15) is 0 Å². The standard InChI is InChI=1S/C17H27ClN2O/c1-12-11-20(8-7-16(12)21)15-6-5-13(9-14(15)18)10-19-17(2,3)4/h5-6,9,12,16,19,21H,7-8,10-11H2,1-4H3. The van der Waals surface area contributed by atoms with Gasteiger partial charge in [0.2, 0.25) is 0 Å². The summed E-state index contributed by atoms with van der Waals surface area (Å²) in [7, 11) is 0. The van der Waals surface area contributed by atoms with Crippen LogP contribution in [0.3, 0.4) is 0 Å². The Labute approximate surface area is 133 Å². The van der Waals surface area contributed by atoms with Gasteiger partial charge in [-0.2, -0.15) is 0 Å². The van der Waals surface area contributed by atoms with Crippen molar-refractivity contribution < 1.29 is 5.11 Å². The van der Waals surface area contributed by atoms with Crippen LogP contribution in [0, 0.1) is 5.92 Å². The lowest BCUT2D eigenvalue weighted by atomic mass is 9.96. The van der Waals surface area contributed by atoms with Gasteiger partial charge in [0.25, 0.3) is 0 Å². The molecule has 1 heterocycles. The molecule has 0 aromatic heterocycles. The fourth-order valence-electron chi connectivity index (χ4n) is 2.64. The predicted octanol–water partition coefficient (Wildman–Crippen LogP) is 3.44. The van der Waals surface area contributed by atoms with Crippen LogP contribution in [0.2, 0.25) is 5.02 Å². The van der Waals surface area contributed by atoms with Gasteiger partial charge < -0.3 is 15.3 Å². The molecule has 21 heavy (non-hydrogen) atoms. The first-order valence-corrected chi connectivity index (χ1v) is 8.10. The van der Waals surface area contributed by atoms with E-state index in [0.717, 1.165) is 36.8 Å². The highest BCUT2D eigenvalue weighted by molar-refractivity contribution is 6.33. The van der Waals surface area contributed by atoms with Crippen molar-refractivity contribution in [1.29, 1.82) is 0 Å². The van der Waals surface area contributed by atoms with E-state index in [1.54, 1.807) is 0 Å². The molecule has 0 radical (unpaired) electrons. The Kier molecular flexibility index (Phi) is 5.18. The molecular weight excluding hydrogens is 284 g/mol. The molecule has 2 N–H and O–H groups in total. The van der Waals surface area contributed by atoms with Gasteiger partial charge in [-0.05, 0) is 50.8 Å². The summed E-state index contributed by atoms with van der Waals surface area (Å²) >= 11 is 6.46. The monoisotopic (exact) mass is 310 g/mol. The minimum absolute atomic E-state index is 0.101. The van der Waals surface area contributed by atoms with E-state index in [9.17, 15) is 5.11 Å². The van der Waals surface area contributed by atoms with E-state index >= 15 is 0 Å². The number of halogens is 1. The third-order valence-electron chi connectivity index (χ3n) is 4.04. The van der Waals surface area contributed by atoms with E-state index in [-0.39, 0.29) is 17.6 Å². The molecule has 2 rings (SSSR count). The number of aliphatic hydroxyl groups is 1. The van der Waals surface area contributed by atoms with Crippen molar-refractivity contribution in [2.45, 2.75) is 52.3 Å². The van der Waals surface area contributed by atoms with Crippen LogP contribution in [0.1, 0.15) is 39.7 Å². The zero-order valence-electron chi connectivity index (χ0n) is 13.5. The number of hydrogen-bond donors (Lipinski definition) is 2. The van der Waals surface area contributed by atoms with Crippen molar-refractivity contribution in [1.82, 2.24) is 5.32 Å². The molecule has 1 aromatic rings. The van der Waals surface area contributed by atoms with Gasteiger partial charge in [-0.1, -0.05) is 24.6 Å². The first-order chi connectivity index (χ1) is 9.76. The molecule has 0 spiro atoms. The van der Waals surface area contributed by atoms with Gasteiger partial charge in [-0.15, -0.1) is 0 Å². The van der Waals surface area contributed by atoms with Gasteiger partial charge in [0.05, 0.1) is 16.8 Å². The number of nitrogens with zero attached hydrogens (tertiary/aromatic N) is 1. The molecule has 0 bridgehead atoms. The summed E-state index contributed by atoms with van der Waals surface area (Å²) in [5.41, 5.74) is 2.38. The van der Waals surface area contributed by atoms with Crippen LogP contribution >= 0.6 is 11.6 Å². The van der Waals surface area contributed by atoms with Crippen LogP contribution in [0.4, 0.5) is 5.69 Å². The Morgan fingerprint density at radius 2 is 2.10 bits per heavy atom. The SMILES string of the molecule is CC1CN(c2ccc(CNC(C)(C)C)cc2Cl)CCC1O. The predicted molar refractivity (Wildman–Crippen MR) is 90.0 cm³/mol. The Morgan fingerprint density at radius 3 is 2.67 bits per heavy atom. The van der Waals surface area contributed by atoms with E-state index in [2.05, 4.69) is 50.0 Å². The van der Waals surface area contributed by atoms with Crippen LogP contribution in [0.15, 0.2) is 18.2 Å². The molecule has 3 nitrogen and oxygen atoms in total. The summed E-state index contributed by atoms with van der Waals surface area (Å²) in [5.74, 6) is 0.289. The molecule has 1 saturated heterocycles. The maximum absolute atomic E-state index is 9.83. The van der Waals surface area contributed by atoms with Crippen LogP contribution < -0.4 is 10.2 Å². The van der Waals surface area contributed by atoms with Gasteiger partial charge in [0.15, 0.2) is 0 Å². The van der Waals surface area contributed by atoms with E-state index < -0.39 is 0 Å². The lowest BCUT2D eigenvalue weighted by Crippen LogP contribution is -2.42. The molecule has 0 amide bonds. The quantitative estimate of drug-likeness (QED) is 0.898. The number of piperidine rings is 1. The van der Waals surface area contributed by atoms with E-state index in [4.69, 9.17) is 11.6 Å². The van der Waals surface area contributed by atoms with Crippen molar-refractivity contribution in [3.8, 4) is 0 Å². The largest absolute Gasteiger partial charge is 0.393 e. The molecule has 1 aromatic carbocycles. The van der Waals surface area contributed by atoms with E-state index in [1.165, 1.54) is 5.56 Å². The Bertz CT molecular complexity index is 484.